The number of benzene rings is 11. The molecule has 0 aliphatic carbocycles. The molecule has 0 saturated carbocycles. The molecule has 14 rings (SSSR count). The van der Waals surface area contributed by atoms with E-state index in [0.29, 0.717) is 0 Å². The van der Waals surface area contributed by atoms with E-state index in [1.807, 2.05) is 0 Å². The summed E-state index contributed by atoms with van der Waals surface area (Å²) in [5.41, 5.74) is 18.9. The van der Waals surface area contributed by atoms with Gasteiger partial charge in [0.15, 0.2) is 0 Å². The Bertz CT molecular complexity index is 3880. The zero-order chi connectivity index (χ0) is 41.5. The van der Waals surface area contributed by atoms with E-state index in [0.717, 1.165) is 5.69 Å². The highest BCUT2D eigenvalue weighted by Gasteiger charge is 2.44. The predicted octanol–water partition coefficient (Wildman–Crippen LogP) is 14.8. The minimum Gasteiger partial charge on any atom is -0.375 e. The molecule has 63 heavy (non-hydrogen) atoms. The smallest absolute Gasteiger partial charge is 0.333 e. The minimum atomic E-state index is -0.0802. The average molecular weight is 799 g/mol. The topological polar surface area (TPSA) is 8.17 Å². The van der Waals surface area contributed by atoms with Crippen molar-refractivity contribution >= 4 is 99.7 Å². The lowest BCUT2D eigenvalue weighted by atomic mass is 9.44. The summed E-state index contributed by atoms with van der Waals surface area (Å²) < 4.78 is 2.72. The van der Waals surface area contributed by atoms with E-state index in [1.54, 1.807) is 0 Å². The molecule has 12 aromatic rings. The van der Waals surface area contributed by atoms with E-state index in [-0.39, 0.29) is 6.85 Å². The molecule has 2 aliphatic heterocycles. The number of aryl methyl sites for hydroxylation is 2. The van der Waals surface area contributed by atoms with Crippen LogP contribution in [0.15, 0.2) is 200 Å². The molecule has 3 heterocycles. The third-order valence-corrected chi connectivity index (χ3v) is 14.4. The fourth-order valence-electron chi connectivity index (χ4n) is 11.7. The van der Waals surface area contributed by atoms with Gasteiger partial charge in [-0.05, 0) is 149 Å². The van der Waals surface area contributed by atoms with Crippen molar-refractivity contribution in [2.75, 3.05) is 4.90 Å². The van der Waals surface area contributed by atoms with Crippen LogP contribution in [0.4, 0.5) is 17.1 Å². The van der Waals surface area contributed by atoms with Crippen LogP contribution in [0.25, 0.3) is 98.3 Å². The Morgan fingerprint density at radius 1 is 0.397 bits per heavy atom. The molecular weight excluding hydrogens is 759 g/mol. The molecule has 0 spiro atoms. The number of hydrogen-bond acceptors (Lipinski definition) is 1. The Morgan fingerprint density at radius 2 is 0.937 bits per heavy atom. The second kappa shape index (κ2) is 12.8. The van der Waals surface area contributed by atoms with E-state index < -0.39 is 0 Å². The zero-order valence-corrected chi connectivity index (χ0v) is 35.0. The number of rotatable bonds is 3. The van der Waals surface area contributed by atoms with Gasteiger partial charge in [0.05, 0.1) is 0 Å². The second-order valence-corrected chi connectivity index (χ2v) is 17.7. The van der Waals surface area contributed by atoms with Crippen molar-refractivity contribution in [3.05, 3.63) is 211 Å². The Hall–Kier alpha value is -7.88. The summed E-state index contributed by atoms with van der Waals surface area (Å²) >= 11 is 0. The van der Waals surface area contributed by atoms with Crippen molar-refractivity contribution < 1.29 is 0 Å². The van der Waals surface area contributed by atoms with Crippen LogP contribution < -0.4 is 15.8 Å². The third kappa shape index (κ3) is 4.74. The number of nitrogens with zero attached hydrogens (tertiary/aromatic N) is 2. The monoisotopic (exact) mass is 798 g/mol. The molecule has 0 radical (unpaired) electrons. The Kier molecular flexibility index (Phi) is 7.08. The van der Waals surface area contributed by atoms with E-state index in [2.05, 4.69) is 223 Å². The van der Waals surface area contributed by atoms with Gasteiger partial charge in [-0.3, -0.25) is 0 Å². The van der Waals surface area contributed by atoms with Crippen LogP contribution in [0, 0.1) is 13.8 Å². The van der Waals surface area contributed by atoms with Crippen LogP contribution in [0.3, 0.4) is 0 Å². The Morgan fingerprint density at radius 3 is 1.60 bits per heavy atom. The molecule has 0 amide bonds. The summed E-state index contributed by atoms with van der Waals surface area (Å²) in [6.07, 6.45) is 0. The standard InChI is InChI=1S/C60H39BN2/c1-36-45-23-13-14-24-46(45)37(2)51-35-55-53(34-50(36)51)61-59-56(62(55)44-30-42(38-17-5-3-6-18-38)29-43(31-44)39-19-7-4-8-20-39)33-41-22-10-11-25-47(41)57(59)52-32-40-21-9-12-26-48(40)58-49-27-15-16-28-54(49)63(61)60(52)58/h3-35H,1-2H3. The quantitative estimate of drug-likeness (QED) is 0.128. The van der Waals surface area contributed by atoms with Gasteiger partial charge in [0.2, 0.25) is 0 Å². The van der Waals surface area contributed by atoms with Crippen LogP contribution >= 0.6 is 0 Å². The fourth-order valence-corrected chi connectivity index (χ4v) is 11.7. The van der Waals surface area contributed by atoms with E-state index in [9.17, 15) is 0 Å². The maximum atomic E-state index is 2.72. The van der Waals surface area contributed by atoms with E-state index in [1.165, 1.54) is 132 Å². The van der Waals surface area contributed by atoms with Crippen LogP contribution in [-0.2, 0) is 0 Å². The lowest BCUT2D eigenvalue weighted by Crippen LogP contribution is -2.56. The molecule has 292 valence electrons. The highest BCUT2D eigenvalue weighted by atomic mass is 15.2. The summed E-state index contributed by atoms with van der Waals surface area (Å²) in [5.74, 6) is 0. The molecule has 3 heteroatoms. The van der Waals surface area contributed by atoms with Gasteiger partial charge in [-0.15, -0.1) is 0 Å². The first kappa shape index (κ1) is 34.8. The first-order valence-electron chi connectivity index (χ1n) is 22.1. The minimum absolute atomic E-state index is 0.0802. The number of hydrogen-bond donors (Lipinski definition) is 0. The molecule has 11 aromatic carbocycles. The molecule has 0 unspecified atom stereocenters. The second-order valence-electron chi connectivity index (χ2n) is 17.7. The summed E-state index contributed by atoms with van der Waals surface area (Å²) in [6, 6.07) is 75.2. The van der Waals surface area contributed by atoms with Crippen LogP contribution in [0.2, 0.25) is 0 Å². The highest BCUT2D eigenvalue weighted by molar-refractivity contribution is 6.90. The van der Waals surface area contributed by atoms with Crippen molar-refractivity contribution in [2.24, 2.45) is 0 Å². The number of anilines is 3. The molecule has 1 aromatic heterocycles. The van der Waals surface area contributed by atoms with Gasteiger partial charge in [-0.2, -0.15) is 0 Å². The van der Waals surface area contributed by atoms with Crippen molar-refractivity contribution in [3.63, 3.8) is 0 Å². The van der Waals surface area contributed by atoms with Crippen molar-refractivity contribution in [2.45, 2.75) is 13.8 Å². The molecule has 0 saturated heterocycles. The average Bonchev–Trinajstić information content (AvgIpc) is 3.70. The van der Waals surface area contributed by atoms with Gasteiger partial charge in [0.1, 0.15) is 0 Å². The summed E-state index contributed by atoms with van der Waals surface area (Å²) in [5, 5.41) is 13.0. The zero-order valence-electron chi connectivity index (χ0n) is 35.0. The largest absolute Gasteiger partial charge is 0.375 e. The van der Waals surface area contributed by atoms with Gasteiger partial charge >= 0.3 is 6.85 Å². The lowest BCUT2D eigenvalue weighted by Gasteiger charge is -2.41. The van der Waals surface area contributed by atoms with Gasteiger partial charge in [-0.1, -0.05) is 158 Å². The third-order valence-electron chi connectivity index (χ3n) is 14.4. The van der Waals surface area contributed by atoms with E-state index in [4.69, 9.17) is 0 Å². The van der Waals surface area contributed by atoms with Crippen LogP contribution in [0.1, 0.15) is 11.1 Å². The molecule has 0 N–H and O–H groups in total. The summed E-state index contributed by atoms with van der Waals surface area (Å²) in [7, 11) is 0. The molecule has 0 bridgehead atoms. The molecule has 2 nitrogen and oxygen atoms in total. The van der Waals surface area contributed by atoms with Crippen molar-refractivity contribution in [1.82, 2.24) is 4.48 Å². The van der Waals surface area contributed by atoms with Crippen molar-refractivity contribution in [1.29, 1.82) is 0 Å². The van der Waals surface area contributed by atoms with Crippen LogP contribution in [0.5, 0.6) is 0 Å². The first-order chi connectivity index (χ1) is 31.1. The summed E-state index contributed by atoms with van der Waals surface area (Å²) in [6.45, 7) is 4.56. The van der Waals surface area contributed by atoms with Gasteiger partial charge in [0, 0.05) is 44.4 Å². The van der Waals surface area contributed by atoms with E-state index >= 15 is 0 Å². The Balaban J connectivity index is 1.20. The normalized spacial score (nSPS) is 12.9. The predicted molar refractivity (Wildman–Crippen MR) is 270 cm³/mol. The van der Waals surface area contributed by atoms with Gasteiger partial charge in [-0.25, -0.2) is 0 Å². The highest BCUT2D eigenvalue weighted by Crippen LogP contribution is 2.51. The molecule has 0 atom stereocenters. The van der Waals surface area contributed by atoms with Gasteiger partial charge in [0.25, 0.3) is 0 Å². The fraction of sp³-hybridized carbons (Fsp3) is 0.0333. The number of fused-ring (bicyclic) bond motifs is 13. The lowest BCUT2D eigenvalue weighted by molar-refractivity contribution is 1.26. The Labute approximate surface area is 366 Å². The maximum absolute atomic E-state index is 2.72. The maximum Gasteiger partial charge on any atom is 0.333 e. The van der Waals surface area contributed by atoms with Gasteiger partial charge < -0.3 is 9.38 Å². The van der Waals surface area contributed by atoms with Crippen LogP contribution in [-0.4, -0.2) is 11.3 Å². The SMILES string of the molecule is Cc1c2ccccc2c(C)c2cc3c(cc12)B1c2c(cc4ccccc4c2-c2cc4ccccc4c4c5ccccc5n1c24)N3c1cc(-c2ccccc2)cc(-c2ccccc2)c1. The molecule has 2 aliphatic rings. The number of aromatic nitrogens is 1. The first-order valence-corrected chi connectivity index (χ1v) is 22.1. The molecular formula is C60H39BN2. The summed E-state index contributed by atoms with van der Waals surface area (Å²) in [4.78, 5) is 2.62. The number of para-hydroxylation sites is 1. The molecule has 0 fully saturated rings. The van der Waals surface area contributed by atoms with Crippen molar-refractivity contribution in [3.8, 4) is 33.4 Å².